The predicted octanol–water partition coefficient (Wildman–Crippen LogP) is 10.4. The molecule has 4 N–H and O–H groups in total. The van der Waals surface area contributed by atoms with Crippen LogP contribution < -0.4 is 16.0 Å². The molecule has 0 aliphatic carbocycles. The van der Waals surface area contributed by atoms with Crippen molar-refractivity contribution in [2.45, 2.75) is 91.5 Å². The number of nitrogens with one attached hydrogen (secondary N) is 3. The summed E-state index contributed by atoms with van der Waals surface area (Å²) in [6.45, 7) is 18.0. The van der Waals surface area contributed by atoms with Gasteiger partial charge < -0.3 is 26.0 Å². The molecule has 3 aromatic carbocycles. The predicted molar refractivity (Wildman–Crippen MR) is 218 cm³/mol. The van der Waals surface area contributed by atoms with Crippen LogP contribution >= 0.6 is 12.6 Å². The largest absolute Gasteiger partial charge is 0.506 e. The molecule has 1 heterocycles. The van der Waals surface area contributed by atoms with Crippen LogP contribution in [0.4, 0.5) is 5.69 Å². The molecule has 1 amide bonds. The van der Waals surface area contributed by atoms with Crippen molar-refractivity contribution >= 4 is 29.9 Å². The first-order valence-electron chi connectivity index (χ1n) is 18.5. The summed E-state index contributed by atoms with van der Waals surface area (Å²) in [7, 11) is 0. The second kappa shape index (κ2) is 22.8. The van der Waals surface area contributed by atoms with Gasteiger partial charge in [-0.1, -0.05) is 94.8 Å². The number of unbranched alkanes of at least 4 members (excludes halogenated alkanes) is 2. The molecule has 0 radical (unpaired) electrons. The number of carbonyl (C=O) groups excluding carboxylic acids is 1. The molecule has 270 valence electrons. The Hall–Kier alpha value is -3.78. The van der Waals surface area contributed by atoms with E-state index in [9.17, 15) is 9.90 Å². The fourth-order valence-electron chi connectivity index (χ4n) is 6.26. The molecule has 0 aromatic heterocycles. The second-order valence-corrected chi connectivity index (χ2v) is 13.3. The summed E-state index contributed by atoms with van der Waals surface area (Å²) in [5.41, 5.74) is 6.19. The van der Waals surface area contributed by atoms with Crippen LogP contribution in [0.2, 0.25) is 0 Å². The Bertz CT molecular complexity index is 1530. The maximum atomic E-state index is 13.1. The average molecular weight is 697 g/mol. The van der Waals surface area contributed by atoms with Crippen LogP contribution in [0.5, 0.6) is 5.75 Å². The van der Waals surface area contributed by atoms with Crippen molar-refractivity contribution in [2.24, 2.45) is 0 Å². The van der Waals surface area contributed by atoms with Crippen LogP contribution in [0.15, 0.2) is 102 Å². The van der Waals surface area contributed by atoms with Crippen LogP contribution in [-0.2, 0) is 0 Å². The summed E-state index contributed by atoms with van der Waals surface area (Å²) in [6.07, 6.45) is 13.1. The number of hydrogen-bond donors (Lipinski definition) is 5. The average Bonchev–Trinajstić information content (AvgIpc) is 3.68. The molecule has 4 rings (SSSR count). The minimum Gasteiger partial charge on any atom is -0.506 e. The van der Waals surface area contributed by atoms with Crippen LogP contribution in [0.3, 0.4) is 0 Å². The van der Waals surface area contributed by atoms with Crippen molar-refractivity contribution in [3.8, 4) is 16.9 Å². The first-order valence-corrected chi connectivity index (χ1v) is 19.0. The molecular weight excluding hydrogens is 637 g/mol. The van der Waals surface area contributed by atoms with Crippen molar-refractivity contribution in [1.82, 2.24) is 15.5 Å². The van der Waals surface area contributed by atoms with E-state index in [1.165, 1.54) is 76.7 Å². The van der Waals surface area contributed by atoms with E-state index in [0.29, 0.717) is 16.9 Å². The van der Waals surface area contributed by atoms with Crippen LogP contribution in [0, 0.1) is 0 Å². The van der Waals surface area contributed by atoms with E-state index in [1.807, 2.05) is 60.7 Å². The lowest BCUT2D eigenvalue weighted by atomic mass is 9.99. The van der Waals surface area contributed by atoms with Gasteiger partial charge in [0.1, 0.15) is 5.75 Å². The van der Waals surface area contributed by atoms with Crippen molar-refractivity contribution < 1.29 is 9.90 Å². The van der Waals surface area contributed by atoms with E-state index in [0.717, 1.165) is 41.3 Å². The summed E-state index contributed by atoms with van der Waals surface area (Å²) in [4.78, 5) is 15.8. The number of carbonyl (C=O) groups is 1. The van der Waals surface area contributed by atoms with Gasteiger partial charge in [0, 0.05) is 28.6 Å². The minimum atomic E-state index is -0.290. The quantitative estimate of drug-likeness (QED) is 0.0396. The van der Waals surface area contributed by atoms with Crippen LogP contribution in [0.1, 0.15) is 101 Å². The van der Waals surface area contributed by atoms with Crippen molar-refractivity contribution in [1.29, 1.82) is 0 Å². The molecule has 1 unspecified atom stereocenters. The molecule has 1 atom stereocenters. The highest BCUT2D eigenvalue weighted by Crippen LogP contribution is 2.30. The smallest absolute Gasteiger partial charge is 0.256 e. The van der Waals surface area contributed by atoms with E-state index in [4.69, 9.17) is 0 Å². The highest BCUT2D eigenvalue weighted by Gasteiger charge is 2.19. The number of allylic oxidation sites excluding steroid dienone is 2. The van der Waals surface area contributed by atoms with Gasteiger partial charge >= 0.3 is 0 Å². The summed E-state index contributed by atoms with van der Waals surface area (Å²) < 4.78 is 0. The molecule has 0 bridgehead atoms. The number of phenols is 1. The van der Waals surface area contributed by atoms with Gasteiger partial charge in [-0.15, -0.1) is 0 Å². The Labute approximate surface area is 307 Å². The molecule has 1 fully saturated rings. The number of benzene rings is 3. The molecule has 50 heavy (non-hydrogen) atoms. The first kappa shape index (κ1) is 40.6. The normalized spacial score (nSPS) is 14.1. The van der Waals surface area contributed by atoms with Gasteiger partial charge in [0.05, 0.1) is 5.69 Å². The third-order valence-corrected chi connectivity index (χ3v) is 9.35. The number of anilines is 1. The molecule has 1 saturated heterocycles. The Morgan fingerprint density at radius 1 is 0.960 bits per heavy atom. The lowest BCUT2D eigenvalue weighted by Crippen LogP contribution is -2.34. The van der Waals surface area contributed by atoms with E-state index in [-0.39, 0.29) is 11.7 Å². The highest BCUT2D eigenvalue weighted by atomic mass is 32.1. The molecule has 1 aliphatic heterocycles. The lowest BCUT2D eigenvalue weighted by molar-refractivity contribution is 0.102. The fourth-order valence-corrected chi connectivity index (χ4v) is 6.41. The Balaban J connectivity index is 0.000000403. The maximum Gasteiger partial charge on any atom is 0.256 e. The van der Waals surface area contributed by atoms with Gasteiger partial charge in [0.15, 0.2) is 0 Å². The Morgan fingerprint density at radius 3 is 2.34 bits per heavy atom. The van der Waals surface area contributed by atoms with Gasteiger partial charge in [0.25, 0.3) is 5.91 Å². The number of aromatic hydroxyl groups is 1. The fraction of sp³-hybridized carbons (Fsp3) is 0.419. The van der Waals surface area contributed by atoms with Gasteiger partial charge in [-0.25, -0.2) is 0 Å². The molecule has 0 saturated carbocycles. The Morgan fingerprint density at radius 2 is 1.68 bits per heavy atom. The molecule has 3 aromatic rings. The van der Waals surface area contributed by atoms with Gasteiger partial charge in [-0.3, -0.25) is 4.79 Å². The number of nitrogens with zero attached hydrogens (tertiary/aromatic N) is 1. The van der Waals surface area contributed by atoms with Crippen molar-refractivity contribution in [3.05, 3.63) is 113 Å². The third kappa shape index (κ3) is 13.2. The zero-order chi connectivity index (χ0) is 36.1. The summed E-state index contributed by atoms with van der Waals surface area (Å²) in [6, 6.07) is 23.1. The molecule has 0 spiro atoms. The second-order valence-electron chi connectivity index (χ2n) is 13.0. The number of amides is 1. The summed E-state index contributed by atoms with van der Waals surface area (Å²) in [5, 5.41) is 22.1. The summed E-state index contributed by atoms with van der Waals surface area (Å²) >= 11 is 4.23. The number of rotatable bonds is 18. The number of thiol groups is 1. The Kier molecular flexibility index (Phi) is 18.6. The van der Waals surface area contributed by atoms with Crippen molar-refractivity contribution in [2.75, 3.05) is 31.5 Å². The van der Waals surface area contributed by atoms with E-state index < -0.39 is 0 Å². The number of likely N-dealkylation sites (tertiary alicyclic amines) is 1. The molecule has 1 aliphatic rings. The number of phenolic OH excluding ortho intramolecular Hbond substituents is 1. The zero-order valence-electron chi connectivity index (χ0n) is 30.8. The zero-order valence-corrected chi connectivity index (χ0v) is 31.7. The lowest BCUT2D eigenvalue weighted by Gasteiger charge is -2.26. The van der Waals surface area contributed by atoms with Crippen LogP contribution in [-0.4, -0.2) is 48.1 Å². The van der Waals surface area contributed by atoms with Crippen molar-refractivity contribution in [3.63, 3.8) is 0 Å². The first-order chi connectivity index (χ1) is 24.3. The van der Waals surface area contributed by atoms with Gasteiger partial charge in [-0.2, -0.15) is 12.6 Å². The van der Waals surface area contributed by atoms with Gasteiger partial charge in [-0.05, 0) is 124 Å². The van der Waals surface area contributed by atoms with Gasteiger partial charge in [0.2, 0.25) is 0 Å². The summed E-state index contributed by atoms with van der Waals surface area (Å²) in [5.74, 6) is -0.322. The highest BCUT2D eigenvalue weighted by molar-refractivity contribution is 7.83. The monoisotopic (exact) mass is 696 g/mol. The number of hydrogen-bond acceptors (Lipinski definition) is 6. The topological polar surface area (TPSA) is 76.6 Å². The van der Waals surface area contributed by atoms with E-state index >= 15 is 0 Å². The molecule has 7 heteroatoms. The minimum absolute atomic E-state index is 0.0315. The SMILES string of the molecule is C=C(NC(/C=C\S)=C(/C)CCCCC)c1ccc(NC(=O)c2ccccc2-c2ccccc2)c(O)c1.CCCNCCC(CC)N1CCCC1. The standard InChI is InChI=1S/C31H34N2O2S.C12H26N2/c1-4-5-7-12-22(2)28(19-20-36)32-23(3)25-17-18-29(30(34)21-25)33-31(35)27-16-11-10-15-26(27)24-13-8-6-9-14-24;1-3-8-13-9-7-12(4-2)14-10-5-6-11-14/h6,8-11,13-21,32,34,36H,3-5,7,12H2,1-2H3,(H,33,35);12-13H,3-11H2,1-2H3/b20-19-,28-22-;. The van der Waals surface area contributed by atoms with Crippen LogP contribution in [0.25, 0.3) is 16.8 Å². The van der Waals surface area contributed by atoms with E-state index in [1.54, 1.807) is 23.6 Å². The van der Waals surface area contributed by atoms with E-state index in [2.05, 4.69) is 67.8 Å². The molecular formula is C43H60N4O2S. The maximum absolute atomic E-state index is 13.1. The third-order valence-electron chi connectivity index (χ3n) is 9.20. The molecule has 6 nitrogen and oxygen atoms in total.